The Morgan fingerprint density at radius 3 is 2.58 bits per heavy atom. The van der Waals surface area contributed by atoms with Crippen LogP contribution in [0.5, 0.6) is 17.2 Å². The second-order valence-corrected chi connectivity index (χ2v) is 6.89. The Kier molecular flexibility index (Phi) is 5.98. The first-order valence-corrected chi connectivity index (χ1v) is 9.73. The topological polar surface area (TPSA) is 77.9 Å². The van der Waals surface area contributed by atoms with Crippen molar-refractivity contribution in [2.75, 3.05) is 7.11 Å². The number of hydrogen-bond donors (Lipinski definition) is 1. The van der Waals surface area contributed by atoms with Crippen LogP contribution in [0.3, 0.4) is 0 Å². The molecule has 1 N–H and O–H groups in total. The Morgan fingerprint density at radius 1 is 0.871 bits per heavy atom. The zero-order valence-corrected chi connectivity index (χ0v) is 16.9. The molecule has 0 atom stereocenters. The number of aromatic nitrogens is 1. The van der Waals surface area contributed by atoms with Crippen molar-refractivity contribution in [3.05, 3.63) is 95.7 Å². The van der Waals surface area contributed by atoms with E-state index < -0.39 is 5.97 Å². The molecule has 0 aliphatic rings. The van der Waals surface area contributed by atoms with Crippen molar-refractivity contribution in [2.45, 2.75) is 13.2 Å². The lowest BCUT2D eigenvalue weighted by Gasteiger charge is -2.12. The summed E-state index contributed by atoms with van der Waals surface area (Å²) in [5, 5.41) is 10.3. The lowest BCUT2D eigenvalue weighted by molar-refractivity contribution is 0.0696. The maximum atomic E-state index is 11.2. The highest BCUT2D eigenvalue weighted by Crippen LogP contribution is 2.29. The van der Waals surface area contributed by atoms with E-state index in [0.717, 1.165) is 22.2 Å². The Balaban J connectivity index is 1.42. The van der Waals surface area contributed by atoms with Crippen LogP contribution in [-0.2, 0) is 13.2 Å². The van der Waals surface area contributed by atoms with Gasteiger partial charge in [0.15, 0.2) is 11.5 Å². The van der Waals surface area contributed by atoms with Crippen molar-refractivity contribution in [1.29, 1.82) is 0 Å². The number of carbonyl (C=O) groups is 1. The molecule has 31 heavy (non-hydrogen) atoms. The standard InChI is InChI=1S/C25H21NO5/c1-29-23-12-10-19(25(27)28)14-24(23)31-15-17-5-4-7-21(13-17)30-16-20-11-9-18-6-2-3-8-22(18)26-20/h2-14H,15-16H2,1H3,(H,27,28). The summed E-state index contributed by atoms with van der Waals surface area (Å²) >= 11 is 0. The number of benzene rings is 3. The number of fused-ring (bicyclic) bond motifs is 1. The van der Waals surface area contributed by atoms with E-state index in [9.17, 15) is 9.90 Å². The van der Waals surface area contributed by atoms with Gasteiger partial charge in [0.1, 0.15) is 19.0 Å². The fraction of sp³-hybridized carbons (Fsp3) is 0.120. The summed E-state index contributed by atoms with van der Waals surface area (Å²) in [7, 11) is 1.51. The summed E-state index contributed by atoms with van der Waals surface area (Å²) < 4.78 is 17.0. The quantitative estimate of drug-likeness (QED) is 0.431. The summed E-state index contributed by atoms with van der Waals surface area (Å²) in [6.07, 6.45) is 0. The zero-order chi connectivity index (χ0) is 21.6. The molecule has 1 aromatic heterocycles. The molecule has 3 aromatic carbocycles. The van der Waals surface area contributed by atoms with Gasteiger partial charge < -0.3 is 19.3 Å². The Morgan fingerprint density at radius 2 is 1.74 bits per heavy atom. The Bertz CT molecular complexity index is 1220. The van der Waals surface area contributed by atoms with Crippen LogP contribution >= 0.6 is 0 Å². The molecular formula is C25H21NO5. The number of carboxylic acid groups (broad SMARTS) is 1. The average Bonchev–Trinajstić information content (AvgIpc) is 2.81. The van der Waals surface area contributed by atoms with Gasteiger partial charge in [-0.1, -0.05) is 36.4 Å². The number of carboxylic acids is 1. The van der Waals surface area contributed by atoms with Gasteiger partial charge in [-0.3, -0.25) is 0 Å². The molecule has 1 heterocycles. The fourth-order valence-corrected chi connectivity index (χ4v) is 3.15. The van der Waals surface area contributed by atoms with Gasteiger partial charge in [0.25, 0.3) is 0 Å². The van der Waals surface area contributed by atoms with E-state index in [2.05, 4.69) is 4.98 Å². The molecule has 4 rings (SSSR count). The molecule has 0 fully saturated rings. The predicted molar refractivity (Wildman–Crippen MR) is 117 cm³/mol. The van der Waals surface area contributed by atoms with Gasteiger partial charge in [-0.15, -0.1) is 0 Å². The zero-order valence-electron chi connectivity index (χ0n) is 16.9. The number of ether oxygens (including phenoxy) is 3. The summed E-state index contributed by atoms with van der Waals surface area (Å²) in [5.74, 6) is 0.515. The van der Waals surface area contributed by atoms with Crippen molar-refractivity contribution >= 4 is 16.9 Å². The lowest BCUT2D eigenvalue weighted by atomic mass is 10.2. The molecule has 0 bridgehead atoms. The molecule has 0 saturated heterocycles. The number of hydrogen-bond acceptors (Lipinski definition) is 5. The molecule has 6 nitrogen and oxygen atoms in total. The van der Waals surface area contributed by atoms with E-state index in [1.54, 1.807) is 6.07 Å². The van der Waals surface area contributed by atoms with Crippen molar-refractivity contribution in [3.63, 3.8) is 0 Å². The first-order valence-electron chi connectivity index (χ1n) is 9.73. The summed E-state index contributed by atoms with van der Waals surface area (Å²) in [6, 6.07) is 24.0. The maximum Gasteiger partial charge on any atom is 0.335 e. The second-order valence-electron chi connectivity index (χ2n) is 6.89. The Hall–Kier alpha value is -4.06. The maximum absolute atomic E-state index is 11.2. The summed E-state index contributed by atoms with van der Waals surface area (Å²) in [5.41, 5.74) is 2.79. The number of para-hydroxylation sites is 1. The van der Waals surface area contributed by atoms with Gasteiger partial charge in [0, 0.05) is 5.39 Å². The van der Waals surface area contributed by atoms with Crippen molar-refractivity contribution in [1.82, 2.24) is 4.98 Å². The smallest absolute Gasteiger partial charge is 0.335 e. The van der Waals surface area contributed by atoms with E-state index >= 15 is 0 Å². The van der Waals surface area contributed by atoms with Gasteiger partial charge in [0.05, 0.1) is 23.9 Å². The molecule has 156 valence electrons. The first-order chi connectivity index (χ1) is 15.1. The molecule has 0 radical (unpaired) electrons. The summed E-state index contributed by atoms with van der Waals surface area (Å²) in [4.78, 5) is 15.8. The minimum Gasteiger partial charge on any atom is -0.493 e. The number of rotatable bonds is 8. The highest BCUT2D eigenvalue weighted by molar-refractivity contribution is 5.88. The van der Waals surface area contributed by atoms with Crippen LogP contribution in [0.25, 0.3) is 10.9 Å². The number of nitrogens with zero attached hydrogens (tertiary/aromatic N) is 1. The monoisotopic (exact) mass is 415 g/mol. The third kappa shape index (κ3) is 4.93. The molecule has 0 unspecified atom stereocenters. The molecule has 4 aromatic rings. The van der Waals surface area contributed by atoms with E-state index in [0.29, 0.717) is 23.9 Å². The number of pyridine rings is 1. The highest BCUT2D eigenvalue weighted by Gasteiger charge is 2.10. The SMILES string of the molecule is COc1ccc(C(=O)O)cc1OCc1cccc(OCc2ccc3ccccc3n2)c1. The molecule has 0 amide bonds. The van der Waals surface area contributed by atoms with Crippen LogP contribution < -0.4 is 14.2 Å². The average molecular weight is 415 g/mol. The molecule has 0 aliphatic heterocycles. The van der Waals surface area contributed by atoms with Crippen LogP contribution in [0.1, 0.15) is 21.6 Å². The van der Waals surface area contributed by atoms with Crippen LogP contribution in [-0.4, -0.2) is 23.2 Å². The van der Waals surface area contributed by atoms with Gasteiger partial charge in [-0.2, -0.15) is 0 Å². The fourth-order valence-electron chi connectivity index (χ4n) is 3.15. The lowest BCUT2D eigenvalue weighted by Crippen LogP contribution is -2.02. The van der Waals surface area contributed by atoms with Crippen LogP contribution in [0.4, 0.5) is 0 Å². The van der Waals surface area contributed by atoms with Gasteiger partial charge >= 0.3 is 5.97 Å². The first kappa shape index (κ1) is 20.2. The molecule has 0 aliphatic carbocycles. The Labute approximate surface area is 179 Å². The molecule has 0 spiro atoms. The molecule has 6 heteroatoms. The largest absolute Gasteiger partial charge is 0.493 e. The normalized spacial score (nSPS) is 10.6. The highest BCUT2D eigenvalue weighted by atomic mass is 16.5. The van der Waals surface area contributed by atoms with Gasteiger partial charge in [-0.25, -0.2) is 9.78 Å². The van der Waals surface area contributed by atoms with E-state index in [4.69, 9.17) is 14.2 Å². The second kappa shape index (κ2) is 9.17. The van der Waals surface area contributed by atoms with Crippen LogP contribution in [0.15, 0.2) is 78.9 Å². The minimum atomic E-state index is -1.02. The number of aromatic carboxylic acids is 1. The summed E-state index contributed by atoms with van der Waals surface area (Å²) in [6.45, 7) is 0.592. The van der Waals surface area contributed by atoms with Gasteiger partial charge in [-0.05, 0) is 48.0 Å². The molecular weight excluding hydrogens is 394 g/mol. The van der Waals surface area contributed by atoms with E-state index in [1.807, 2.05) is 60.7 Å². The third-order valence-corrected chi connectivity index (χ3v) is 4.75. The van der Waals surface area contributed by atoms with Crippen molar-refractivity contribution < 1.29 is 24.1 Å². The predicted octanol–water partition coefficient (Wildman–Crippen LogP) is 5.10. The van der Waals surface area contributed by atoms with Crippen LogP contribution in [0, 0.1) is 0 Å². The van der Waals surface area contributed by atoms with Gasteiger partial charge in [0.2, 0.25) is 0 Å². The number of methoxy groups -OCH3 is 1. The van der Waals surface area contributed by atoms with Crippen molar-refractivity contribution in [3.8, 4) is 17.2 Å². The van der Waals surface area contributed by atoms with E-state index in [-0.39, 0.29) is 12.2 Å². The third-order valence-electron chi connectivity index (χ3n) is 4.75. The van der Waals surface area contributed by atoms with Crippen molar-refractivity contribution in [2.24, 2.45) is 0 Å². The minimum absolute atomic E-state index is 0.135. The molecule has 0 saturated carbocycles. The van der Waals surface area contributed by atoms with E-state index in [1.165, 1.54) is 19.2 Å². The van der Waals surface area contributed by atoms with Crippen LogP contribution in [0.2, 0.25) is 0 Å².